The third-order valence-electron chi connectivity index (χ3n) is 12.0. The lowest BCUT2D eigenvalue weighted by molar-refractivity contribution is -0.159. The number of rotatable bonds is 25. The molecule has 0 spiro atoms. The summed E-state index contributed by atoms with van der Waals surface area (Å²) in [6.07, 6.45) is -1.26. The van der Waals surface area contributed by atoms with Gasteiger partial charge in [-0.05, 0) is 76.9 Å². The first-order valence-corrected chi connectivity index (χ1v) is 36.0. The quantitative estimate of drug-likeness (QED) is 0.0242. The lowest BCUT2D eigenvalue weighted by atomic mass is 9.95. The molecule has 31 heteroatoms. The number of nitrogens with zero attached hydrogens (tertiary/aromatic N) is 10. The molecule has 0 radical (unpaired) electrons. The topological polar surface area (TPSA) is 266 Å². The summed E-state index contributed by atoms with van der Waals surface area (Å²) in [6, 6.07) is 12.1. The number of halogens is 6. The first-order chi connectivity index (χ1) is 39.7. The number of hydrogen-bond acceptors (Lipinski definition) is 20. The van der Waals surface area contributed by atoms with Crippen LogP contribution in [0.5, 0.6) is 17.8 Å². The number of ether oxygens (including phenoxy) is 7. The largest absolute Gasteiger partial charge is 0.476 e. The molecule has 0 atom stereocenters. The predicted molar refractivity (Wildman–Crippen MR) is 311 cm³/mol. The molecule has 0 fully saturated rings. The molecule has 6 aromatic rings. The molecule has 0 aliphatic heterocycles. The van der Waals surface area contributed by atoms with Gasteiger partial charge in [-0.3, -0.25) is 19.6 Å². The van der Waals surface area contributed by atoms with Crippen LogP contribution in [0.4, 0.5) is 26.3 Å². The van der Waals surface area contributed by atoms with Crippen molar-refractivity contribution in [2.24, 2.45) is 10.8 Å². The SMILES string of the molecule is COC(=O)C(C)(C)COc1cc(C)c(-c2ccc(-c3nc(OCC(F)(F)F)n(COCC[Si](C)(C)C)n3)nc2)cn1.COC(=O)C(C)(C)COc1cc(C)c(-c2ccc(-c3nc(S(C)(=O)=O)n(COCC[Si](C)(C)C)n3)nc2)cn1.OCC(F)(F)F. The molecular formula is C55H76F6N10O12SSi2. The van der Waals surface area contributed by atoms with Crippen molar-refractivity contribution in [1.82, 2.24) is 49.5 Å². The summed E-state index contributed by atoms with van der Waals surface area (Å²) < 4.78 is 134. The van der Waals surface area contributed by atoms with E-state index >= 15 is 0 Å². The normalized spacial score (nSPS) is 12.3. The first kappa shape index (κ1) is 71.5. The van der Waals surface area contributed by atoms with E-state index in [0.29, 0.717) is 36.4 Å². The van der Waals surface area contributed by atoms with Gasteiger partial charge in [0.2, 0.25) is 38.4 Å². The average molecular weight is 1270 g/mol. The van der Waals surface area contributed by atoms with Crippen molar-refractivity contribution < 1.29 is 82.6 Å². The van der Waals surface area contributed by atoms with Crippen molar-refractivity contribution in [2.45, 2.75) is 124 Å². The summed E-state index contributed by atoms with van der Waals surface area (Å²) in [4.78, 5) is 49.7. The summed E-state index contributed by atoms with van der Waals surface area (Å²) in [5.41, 5.74) is 4.12. The number of pyridine rings is 4. The van der Waals surface area contributed by atoms with Gasteiger partial charge in [0.1, 0.15) is 44.7 Å². The highest BCUT2D eigenvalue weighted by Crippen LogP contribution is 2.30. The average Bonchev–Trinajstić information content (AvgIpc) is 3.63. The Bertz CT molecular complexity index is 3300. The monoisotopic (exact) mass is 1270 g/mol. The smallest absolute Gasteiger partial charge is 0.422 e. The Labute approximate surface area is 498 Å². The van der Waals surface area contributed by atoms with E-state index in [9.17, 15) is 44.3 Å². The highest BCUT2D eigenvalue weighted by molar-refractivity contribution is 7.90. The lowest BCUT2D eigenvalue weighted by Crippen LogP contribution is -2.32. The zero-order valence-corrected chi connectivity index (χ0v) is 53.7. The number of aliphatic hydroxyl groups is 1. The van der Waals surface area contributed by atoms with Gasteiger partial charge in [0.25, 0.3) is 0 Å². The number of carbonyl (C=O) groups is 2. The van der Waals surface area contributed by atoms with Crippen LogP contribution in [0.1, 0.15) is 38.8 Å². The molecule has 0 saturated carbocycles. The number of sulfone groups is 1. The van der Waals surface area contributed by atoms with Gasteiger partial charge in [-0.15, -0.1) is 10.2 Å². The van der Waals surface area contributed by atoms with Gasteiger partial charge in [-0.1, -0.05) is 51.4 Å². The maximum Gasteiger partial charge on any atom is 0.422 e. The molecule has 0 aliphatic rings. The molecule has 0 bridgehead atoms. The first-order valence-electron chi connectivity index (χ1n) is 26.7. The van der Waals surface area contributed by atoms with Gasteiger partial charge in [-0.25, -0.2) is 23.1 Å². The van der Waals surface area contributed by atoms with Gasteiger partial charge in [0.15, 0.2) is 6.61 Å². The fourth-order valence-electron chi connectivity index (χ4n) is 7.00. The number of aromatic nitrogens is 10. The fourth-order valence-corrected chi connectivity index (χ4v) is 9.24. The van der Waals surface area contributed by atoms with Crippen LogP contribution in [0, 0.1) is 24.7 Å². The van der Waals surface area contributed by atoms with Crippen molar-refractivity contribution in [3.8, 4) is 63.1 Å². The molecule has 86 heavy (non-hydrogen) atoms. The van der Waals surface area contributed by atoms with E-state index in [1.807, 2.05) is 19.9 Å². The van der Waals surface area contributed by atoms with Gasteiger partial charge < -0.3 is 38.3 Å². The van der Waals surface area contributed by atoms with Gasteiger partial charge in [0.05, 0.1) is 25.0 Å². The van der Waals surface area contributed by atoms with E-state index in [1.54, 1.807) is 82.8 Å². The highest BCUT2D eigenvalue weighted by atomic mass is 32.2. The Morgan fingerprint density at radius 1 is 0.593 bits per heavy atom. The Morgan fingerprint density at radius 3 is 1.35 bits per heavy atom. The van der Waals surface area contributed by atoms with E-state index in [-0.39, 0.29) is 61.4 Å². The third kappa shape index (κ3) is 23.4. The molecule has 6 aromatic heterocycles. The van der Waals surface area contributed by atoms with Crippen LogP contribution in [-0.2, 0) is 51.8 Å². The molecule has 6 heterocycles. The second-order valence-corrected chi connectivity index (χ2v) is 36.6. The standard InChI is InChI=1S/C27H36F3N5O5Si.C26H37N5O6SSi.C2H3F3O/c1-18-12-22(39-15-26(2,3)24(36)37-4)32-14-20(18)19-8-9-21(31-13-19)23-33-25(40-16-27(28,29)30)35(34-23)17-38-10-11-41(5,6)7;1-18-13-22(37-16-26(2,3)24(32)35-4)28-15-20(18)19-9-10-21(27-14-19)23-29-25(38(5,33)34)31(30-23)17-36-11-12-39(6,7)8;3-2(4,5)1-6/h8-9,12-14H,10-11,15-17H2,1-7H3;9-10,13-15H,11-12,16-17H2,1-8H3;6H,1H2. The number of methoxy groups -OCH3 is 2. The van der Waals surface area contributed by atoms with E-state index in [0.717, 1.165) is 56.4 Å². The van der Waals surface area contributed by atoms with Crippen LogP contribution >= 0.6 is 0 Å². The van der Waals surface area contributed by atoms with E-state index in [1.165, 1.54) is 18.9 Å². The number of carbonyl (C=O) groups excluding carboxylic acids is 2. The van der Waals surface area contributed by atoms with Gasteiger partial charge in [-0.2, -0.15) is 41.0 Å². The van der Waals surface area contributed by atoms with Crippen LogP contribution in [0.15, 0.2) is 66.3 Å². The van der Waals surface area contributed by atoms with Crippen LogP contribution in [-0.4, -0.2) is 164 Å². The molecule has 0 amide bonds. The van der Waals surface area contributed by atoms with E-state index in [4.69, 9.17) is 38.3 Å². The zero-order chi connectivity index (χ0) is 64.6. The lowest BCUT2D eigenvalue weighted by Gasteiger charge is -2.21. The number of aryl methyl sites for hydroxylation is 2. The maximum atomic E-state index is 12.8. The number of hydrogen-bond donors (Lipinski definition) is 1. The second-order valence-electron chi connectivity index (χ2n) is 23.4. The molecule has 0 saturated heterocycles. The Kier molecular flexibility index (Phi) is 25.1. The summed E-state index contributed by atoms with van der Waals surface area (Å²) >= 11 is 0. The Morgan fingerprint density at radius 2 is 1.00 bits per heavy atom. The van der Waals surface area contributed by atoms with Crippen molar-refractivity contribution in [3.05, 3.63) is 72.3 Å². The van der Waals surface area contributed by atoms with Crippen LogP contribution < -0.4 is 14.2 Å². The Balaban J connectivity index is 0.000000336. The minimum absolute atomic E-state index is 0.00589. The minimum atomic E-state index is -4.53. The molecule has 474 valence electrons. The summed E-state index contributed by atoms with van der Waals surface area (Å²) in [7, 11) is -3.57. The number of alkyl halides is 6. The number of aliphatic hydroxyl groups excluding tert-OH is 1. The van der Waals surface area contributed by atoms with Crippen LogP contribution in [0.2, 0.25) is 51.4 Å². The van der Waals surface area contributed by atoms with Gasteiger partial charge >= 0.3 is 30.3 Å². The van der Waals surface area contributed by atoms with Crippen LogP contribution in [0.3, 0.4) is 0 Å². The minimum Gasteiger partial charge on any atom is -0.476 e. The molecular weight excluding hydrogens is 1190 g/mol. The Hall–Kier alpha value is -6.94. The number of esters is 2. The maximum absolute atomic E-state index is 12.8. The second kappa shape index (κ2) is 30.1. The summed E-state index contributed by atoms with van der Waals surface area (Å²) in [5.74, 6) is 0.315. The summed E-state index contributed by atoms with van der Waals surface area (Å²) in [6.45, 7) is 21.9. The van der Waals surface area contributed by atoms with Crippen molar-refractivity contribution >= 4 is 37.9 Å². The molecule has 6 rings (SSSR count). The fraction of sp³-hybridized carbons (Fsp3) is 0.527. The third-order valence-corrected chi connectivity index (χ3v) is 16.4. The van der Waals surface area contributed by atoms with Crippen molar-refractivity contribution in [3.63, 3.8) is 0 Å². The molecule has 0 unspecified atom stereocenters. The van der Waals surface area contributed by atoms with Gasteiger partial charge in [0, 0.05) is 94.8 Å². The molecule has 1 N–H and O–H groups in total. The van der Waals surface area contributed by atoms with E-state index < -0.39 is 62.4 Å². The van der Waals surface area contributed by atoms with Crippen molar-refractivity contribution in [2.75, 3.05) is 60.1 Å². The molecule has 0 aliphatic carbocycles. The molecule has 22 nitrogen and oxygen atoms in total. The zero-order valence-electron chi connectivity index (χ0n) is 50.9. The predicted octanol–water partition coefficient (Wildman–Crippen LogP) is 10.1. The van der Waals surface area contributed by atoms with E-state index in [2.05, 4.69) is 79.4 Å². The highest BCUT2D eigenvalue weighted by Gasteiger charge is 2.33. The summed E-state index contributed by atoms with van der Waals surface area (Å²) in [5, 5.41) is 15.8. The molecule has 0 aromatic carbocycles. The van der Waals surface area contributed by atoms with Crippen LogP contribution in [0.25, 0.3) is 45.3 Å². The van der Waals surface area contributed by atoms with Crippen molar-refractivity contribution in [1.29, 1.82) is 0 Å².